The number of benzene rings is 1. The third kappa shape index (κ3) is 4.41. The molecule has 0 unspecified atom stereocenters. The van der Waals surface area contributed by atoms with Gasteiger partial charge in [0.2, 0.25) is 10.3 Å². The van der Waals surface area contributed by atoms with Crippen molar-refractivity contribution in [2.75, 3.05) is 5.32 Å². The number of nitrogens with zero attached hydrogens (tertiary/aromatic N) is 4. The van der Waals surface area contributed by atoms with Gasteiger partial charge in [-0.1, -0.05) is 42.1 Å². The normalized spacial score (nSPS) is 11.2. The standard InChI is InChI=1S/C16H13N5S3/c1-11-9-22-14(19-11)13(7-17)8-18-15-20-16(21-24-15)23-10-12-5-3-2-4-6-12/h2-6,8-9H,10H2,1H3,(H,18,20,21)/b13-8+. The van der Waals surface area contributed by atoms with Crippen LogP contribution in [0, 0.1) is 18.3 Å². The zero-order chi connectivity index (χ0) is 16.8. The maximum absolute atomic E-state index is 9.25. The van der Waals surface area contributed by atoms with Gasteiger partial charge in [-0.2, -0.15) is 14.6 Å². The van der Waals surface area contributed by atoms with Crippen LogP contribution in [0.25, 0.3) is 5.57 Å². The molecule has 0 aliphatic heterocycles. The predicted octanol–water partition coefficient (Wildman–Crippen LogP) is 4.57. The van der Waals surface area contributed by atoms with E-state index in [9.17, 15) is 5.26 Å². The number of nitriles is 1. The molecule has 0 atom stereocenters. The molecule has 0 bridgehead atoms. The Morgan fingerprint density at radius 2 is 2.17 bits per heavy atom. The molecular weight excluding hydrogens is 358 g/mol. The zero-order valence-electron chi connectivity index (χ0n) is 12.8. The van der Waals surface area contributed by atoms with Crippen molar-refractivity contribution in [3.05, 3.63) is 58.2 Å². The lowest BCUT2D eigenvalue weighted by atomic mass is 10.2. The molecular formula is C16H13N5S3. The summed E-state index contributed by atoms with van der Waals surface area (Å²) < 4.78 is 4.32. The highest BCUT2D eigenvalue weighted by molar-refractivity contribution is 7.98. The monoisotopic (exact) mass is 371 g/mol. The average molecular weight is 372 g/mol. The molecule has 0 saturated heterocycles. The quantitative estimate of drug-likeness (QED) is 0.505. The number of nitrogens with one attached hydrogen (secondary N) is 1. The molecule has 8 heteroatoms. The van der Waals surface area contributed by atoms with Crippen molar-refractivity contribution in [3.63, 3.8) is 0 Å². The molecule has 120 valence electrons. The van der Waals surface area contributed by atoms with Gasteiger partial charge in [0.15, 0.2) is 0 Å². The van der Waals surface area contributed by atoms with Crippen LogP contribution in [-0.4, -0.2) is 14.3 Å². The molecule has 3 rings (SSSR count). The van der Waals surface area contributed by atoms with E-state index in [1.165, 1.54) is 28.4 Å². The molecule has 0 radical (unpaired) electrons. The van der Waals surface area contributed by atoms with Crippen LogP contribution in [0.2, 0.25) is 0 Å². The van der Waals surface area contributed by atoms with Gasteiger partial charge in [0, 0.05) is 34.6 Å². The first-order valence-corrected chi connectivity index (χ1v) is 9.68. The molecule has 0 aliphatic carbocycles. The van der Waals surface area contributed by atoms with Gasteiger partial charge >= 0.3 is 0 Å². The number of thioether (sulfide) groups is 1. The molecule has 0 fully saturated rings. The lowest BCUT2D eigenvalue weighted by molar-refractivity contribution is 1.08. The van der Waals surface area contributed by atoms with E-state index in [1.807, 2.05) is 30.5 Å². The van der Waals surface area contributed by atoms with Crippen LogP contribution in [0.4, 0.5) is 5.13 Å². The van der Waals surface area contributed by atoms with Crippen LogP contribution in [0.5, 0.6) is 0 Å². The Morgan fingerprint density at radius 3 is 2.88 bits per heavy atom. The van der Waals surface area contributed by atoms with Crippen molar-refractivity contribution in [3.8, 4) is 6.07 Å². The molecule has 5 nitrogen and oxygen atoms in total. The van der Waals surface area contributed by atoms with E-state index in [0.717, 1.165) is 16.6 Å². The summed E-state index contributed by atoms with van der Waals surface area (Å²) in [6.07, 6.45) is 1.63. The fraction of sp³-hybridized carbons (Fsp3) is 0.125. The van der Waals surface area contributed by atoms with Crippen molar-refractivity contribution in [1.29, 1.82) is 5.26 Å². The summed E-state index contributed by atoms with van der Waals surface area (Å²) >= 11 is 4.31. The van der Waals surface area contributed by atoms with Gasteiger partial charge in [-0.25, -0.2) is 4.98 Å². The first-order valence-electron chi connectivity index (χ1n) is 7.04. The Balaban J connectivity index is 1.61. The van der Waals surface area contributed by atoms with Crippen LogP contribution in [-0.2, 0) is 5.75 Å². The van der Waals surface area contributed by atoms with Gasteiger partial charge in [-0.05, 0) is 12.5 Å². The summed E-state index contributed by atoms with van der Waals surface area (Å²) in [6, 6.07) is 12.4. The van der Waals surface area contributed by atoms with E-state index in [4.69, 9.17) is 0 Å². The van der Waals surface area contributed by atoms with Crippen molar-refractivity contribution in [2.24, 2.45) is 0 Å². The number of allylic oxidation sites excluding steroid dienone is 1. The summed E-state index contributed by atoms with van der Waals surface area (Å²) in [4.78, 5) is 8.73. The van der Waals surface area contributed by atoms with E-state index in [1.54, 1.807) is 18.0 Å². The molecule has 1 N–H and O–H groups in total. The summed E-state index contributed by atoms with van der Waals surface area (Å²) in [5.74, 6) is 0.828. The van der Waals surface area contributed by atoms with Crippen LogP contribution >= 0.6 is 34.6 Å². The maximum atomic E-state index is 9.25. The minimum Gasteiger partial charge on any atom is -0.335 e. The number of anilines is 1. The Bertz CT molecular complexity index is 877. The van der Waals surface area contributed by atoms with E-state index < -0.39 is 0 Å². The highest BCUT2D eigenvalue weighted by Gasteiger charge is 2.07. The van der Waals surface area contributed by atoms with Crippen molar-refractivity contribution < 1.29 is 0 Å². The maximum Gasteiger partial charge on any atom is 0.207 e. The van der Waals surface area contributed by atoms with Crippen LogP contribution < -0.4 is 5.32 Å². The SMILES string of the molecule is Cc1csc(/C(C#N)=C/Nc2nc(SCc3ccccc3)ns2)n1. The van der Waals surface area contributed by atoms with E-state index in [2.05, 4.69) is 37.9 Å². The van der Waals surface area contributed by atoms with Crippen molar-refractivity contribution in [1.82, 2.24) is 14.3 Å². The minimum atomic E-state index is 0.488. The molecule has 0 aliphatic rings. The van der Waals surface area contributed by atoms with Crippen LogP contribution in [0.3, 0.4) is 0 Å². The van der Waals surface area contributed by atoms with Gasteiger partial charge in [-0.15, -0.1) is 11.3 Å². The summed E-state index contributed by atoms with van der Waals surface area (Å²) in [7, 11) is 0. The number of aryl methyl sites for hydroxylation is 1. The number of hydrogen-bond donors (Lipinski definition) is 1. The van der Waals surface area contributed by atoms with Gasteiger partial charge < -0.3 is 5.32 Å². The number of thiazole rings is 1. The number of rotatable bonds is 6. The second-order valence-corrected chi connectivity index (χ2v) is 7.32. The summed E-state index contributed by atoms with van der Waals surface area (Å²) in [5, 5.41) is 16.3. The van der Waals surface area contributed by atoms with Gasteiger partial charge in [0.05, 0.1) is 0 Å². The number of aromatic nitrogens is 3. The molecule has 1 aromatic carbocycles. The van der Waals surface area contributed by atoms with Crippen molar-refractivity contribution >= 4 is 45.3 Å². The summed E-state index contributed by atoms with van der Waals surface area (Å²) in [6.45, 7) is 1.91. The molecule has 2 heterocycles. The highest BCUT2D eigenvalue weighted by Crippen LogP contribution is 2.24. The van der Waals surface area contributed by atoms with Gasteiger partial charge in [-0.3, -0.25) is 0 Å². The van der Waals surface area contributed by atoms with E-state index in [-0.39, 0.29) is 0 Å². The Morgan fingerprint density at radius 1 is 1.33 bits per heavy atom. The Hall–Kier alpha value is -2.21. The van der Waals surface area contributed by atoms with E-state index in [0.29, 0.717) is 15.7 Å². The van der Waals surface area contributed by atoms with Crippen molar-refractivity contribution in [2.45, 2.75) is 17.8 Å². The van der Waals surface area contributed by atoms with Crippen LogP contribution in [0.15, 0.2) is 47.1 Å². The highest BCUT2D eigenvalue weighted by atomic mass is 32.2. The first-order chi connectivity index (χ1) is 11.7. The fourth-order valence-electron chi connectivity index (χ4n) is 1.80. The number of hydrogen-bond acceptors (Lipinski definition) is 8. The first kappa shape index (κ1) is 16.6. The van der Waals surface area contributed by atoms with E-state index >= 15 is 0 Å². The largest absolute Gasteiger partial charge is 0.335 e. The van der Waals surface area contributed by atoms with Gasteiger partial charge in [0.1, 0.15) is 16.6 Å². The topological polar surface area (TPSA) is 74.5 Å². The molecule has 3 aromatic rings. The molecule has 2 aromatic heterocycles. The lowest BCUT2D eigenvalue weighted by Crippen LogP contribution is -1.90. The van der Waals surface area contributed by atoms with Gasteiger partial charge in [0.25, 0.3) is 0 Å². The molecule has 0 spiro atoms. The second kappa shape index (κ2) is 8.06. The minimum absolute atomic E-state index is 0.488. The third-order valence-corrected chi connectivity index (χ3v) is 5.60. The Kier molecular flexibility index (Phi) is 5.59. The Labute approximate surface area is 152 Å². The molecule has 0 saturated carbocycles. The fourth-order valence-corrected chi connectivity index (χ4v) is 4.03. The zero-order valence-corrected chi connectivity index (χ0v) is 15.2. The second-order valence-electron chi connectivity index (χ2n) is 4.76. The third-order valence-electron chi connectivity index (χ3n) is 2.93. The smallest absolute Gasteiger partial charge is 0.207 e. The molecule has 0 amide bonds. The summed E-state index contributed by atoms with van der Waals surface area (Å²) in [5.41, 5.74) is 2.63. The molecule has 24 heavy (non-hydrogen) atoms. The predicted molar refractivity (Wildman–Crippen MR) is 100.0 cm³/mol. The average Bonchev–Trinajstić information content (AvgIpc) is 3.24. The lowest BCUT2D eigenvalue weighted by Gasteiger charge is -1.97. The van der Waals surface area contributed by atoms with Crippen LogP contribution in [0.1, 0.15) is 16.3 Å².